The van der Waals surface area contributed by atoms with Crippen molar-refractivity contribution in [2.24, 2.45) is 23.5 Å². The third kappa shape index (κ3) is 4.42. The Bertz CT molecular complexity index is 183. The molecule has 2 heteroatoms. The van der Waals surface area contributed by atoms with E-state index >= 15 is 0 Å². The fraction of sp³-hybridized carbons (Fsp3) is 1.00. The fourth-order valence-electron chi connectivity index (χ4n) is 2.68. The van der Waals surface area contributed by atoms with E-state index in [0.717, 1.165) is 18.4 Å². The van der Waals surface area contributed by atoms with Gasteiger partial charge in [-0.3, -0.25) is 0 Å². The molecule has 1 fully saturated rings. The molecule has 1 aliphatic rings. The fourth-order valence-corrected chi connectivity index (χ4v) is 2.68. The van der Waals surface area contributed by atoms with Gasteiger partial charge in [-0.25, -0.2) is 0 Å². The second kappa shape index (κ2) is 6.61. The molecule has 0 saturated heterocycles. The highest BCUT2D eigenvalue weighted by Crippen LogP contribution is 2.34. The van der Waals surface area contributed by atoms with Crippen molar-refractivity contribution in [1.29, 1.82) is 0 Å². The summed E-state index contributed by atoms with van der Waals surface area (Å²) in [4.78, 5) is 0. The van der Waals surface area contributed by atoms with Crippen molar-refractivity contribution < 1.29 is 4.74 Å². The zero-order valence-electron chi connectivity index (χ0n) is 11.4. The van der Waals surface area contributed by atoms with Crippen LogP contribution in [0, 0.1) is 17.8 Å². The van der Waals surface area contributed by atoms with E-state index in [1.807, 2.05) is 0 Å². The Morgan fingerprint density at radius 3 is 1.94 bits per heavy atom. The molecular weight excluding hydrogens is 198 g/mol. The minimum atomic E-state index is 0.246. The van der Waals surface area contributed by atoms with Crippen LogP contribution in [0.1, 0.15) is 53.4 Å². The summed E-state index contributed by atoms with van der Waals surface area (Å²) in [5, 5.41) is 0. The van der Waals surface area contributed by atoms with E-state index in [0.29, 0.717) is 12.0 Å². The second-order valence-electron chi connectivity index (χ2n) is 5.96. The minimum absolute atomic E-state index is 0.246. The quantitative estimate of drug-likeness (QED) is 0.783. The molecule has 96 valence electrons. The summed E-state index contributed by atoms with van der Waals surface area (Å²) in [6.07, 6.45) is 5.62. The Morgan fingerprint density at radius 1 is 1.00 bits per heavy atom. The van der Waals surface area contributed by atoms with Crippen molar-refractivity contribution >= 4 is 0 Å². The Balaban J connectivity index is 2.24. The minimum Gasteiger partial charge on any atom is -0.377 e. The molecular formula is C14H29NO. The van der Waals surface area contributed by atoms with Crippen molar-refractivity contribution in [3.05, 3.63) is 0 Å². The van der Waals surface area contributed by atoms with Gasteiger partial charge in [0.1, 0.15) is 0 Å². The van der Waals surface area contributed by atoms with Crippen LogP contribution in [0.3, 0.4) is 0 Å². The highest BCUT2D eigenvalue weighted by atomic mass is 16.5. The summed E-state index contributed by atoms with van der Waals surface area (Å²) in [6.45, 7) is 9.55. The summed E-state index contributed by atoms with van der Waals surface area (Å²) in [5.41, 5.74) is 6.19. The number of hydrogen-bond donors (Lipinski definition) is 1. The molecule has 0 amide bonds. The first kappa shape index (κ1) is 14.0. The molecule has 2 nitrogen and oxygen atoms in total. The molecule has 0 aromatic rings. The molecule has 0 bridgehead atoms. The standard InChI is InChI=1S/C14H29NO/c1-10(2)12-5-7-13(8-6-12)14(15)9-16-11(3)4/h10-14H,5-9,15H2,1-4H3. The molecule has 0 aromatic heterocycles. The van der Waals surface area contributed by atoms with Gasteiger partial charge >= 0.3 is 0 Å². The van der Waals surface area contributed by atoms with Crippen LogP contribution < -0.4 is 5.73 Å². The van der Waals surface area contributed by atoms with E-state index in [1.165, 1.54) is 25.7 Å². The lowest BCUT2D eigenvalue weighted by molar-refractivity contribution is 0.0487. The summed E-state index contributed by atoms with van der Waals surface area (Å²) >= 11 is 0. The van der Waals surface area contributed by atoms with Crippen LogP contribution in [0.25, 0.3) is 0 Å². The van der Waals surface area contributed by atoms with Gasteiger partial charge in [-0.05, 0) is 57.3 Å². The molecule has 1 aliphatic carbocycles. The molecule has 1 unspecified atom stereocenters. The average molecular weight is 227 g/mol. The molecule has 2 N–H and O–H groups in total. The third-order valence-electron chi connectivity index (χ3n) is 3.99. The van der Waals surface area contributed by atoms with Gasteiger partial charge in [0.2, 0.25) is 0 Å². The van der Waals surface area contributed by atoms with E-state index in [9.17, 15) is 0 Å². The van der Waals surface area contributed by atoms with Gasteiger partial charge in [0, 0.05) is 6.04 Å². The van der Waals surface area contributed by atoms with Gasteiger partial charge in [-0.15, -0.1) is 0 Å². The van der Waals surface area contributed by atoms with Crippen molar-refractivity contribution in [2.75, 3.05) is 6.61 Å². The monoisotopic (exact) mass is 227 g/mol. The predicted octanol–water partition coefficient (Wildman–Crippen LogP) is 3.20. The van der Waals surface area contributed by atoms with Crippen LogP contribution in [0.2, 0.25) is 0 Å². The first-order chi connectivity index (χ1) is 7.50. The van der Waals surface area contributed by atoms with E-state index in [4.69, 9.17) is 10.5 Å². The predicted molar refractivity (Wildman–Crippen MR) is 69.3 cm³/mol. The maximum atomic E-state index is 6.19. The van der Waals surface area contributed by atoms with Crippen molar-refractivity contribution in [2.45, 2.75) is 65.5 Å². The lowest BCUT2D eigenvalue weighted by Crippen LogP contribution is -2.38. The number of hydrogen-bond acceptors (Lipinski definition) is 2. The van der Waals surface area contributed by atoms with Gasteiger partial charge in [0.15, 0.2) is 0 Å². The number of nitrogens with two attached hydrogens (primary N) is 1. The molecule has 0 spiro atoms. The zero-order chi connectivity index (χ0) is 12.1. The summed E-state index contributed by atoms with van der Waals surface area (Å²) < 4.78 is 5.61. The summed E-state index contributed by atoms with van der Waals surface area (Å²) in [5.74, 6) is 2.45. The Labute approximate surface area is 101 Å². The molecule has 1 atom stereocenters. The maximum Gasteiger partial charge on any atom is 0.0623 e. The highest BCUT2D eigenvalue weighted by molar-refractivity contribution is 4.80. The number of rotatable bonds is 5. The Hall–Kier alpha value is -0.0800. The molecule has 0 aliphatic heterocycles. The number of ether oxygens (including phenoxy) is 1. The normalized spacial score (nSPS) is 28.7. The third-order valence-corrected chi connectivity index (χ3v) is 3.99. The van der Waals surface area contributed by atoms with Crippen molar-refractivity contribution in [3.63, 3.8) is 0 Å². The largest absolute Gasteiger partial charge is 0.377 e. The summed E-state index contributed by atoms with van der Waals surface area (Å²) in [7, 11) is 0. The smallest absolute Gasteiger partial charge is 0.0623 e. The second-order valence-corrected chi connectivity index (χ2v) is 5.96. The van der Waals surface area contributed by atoms with E-state index in [1.54, 1.807) is 0 Å². The van der Waals surface area contributed by atoms with Crippen molar-refractivity contribution in [1.82, 2.24) is 0 Å². The van der Waals surface area contributed by atoms with Gasteiger partial charge in [0.05, 0.1) is 12.7 Å². The molecule has 16 heavy (non-hydrogen) atoms. The summed E-state index contributed by atoms with van der Waals surface area (Å²) in [6, 6.07) is 0.246. The average Bonchev–Trinajstić information content (AvgIpc) is 2.26. The molecule has 0 aromatic carbocycles. The molecule has 0 heterocycles. The lowest BCUT2D eigenvalue weighted by Gasteiger charge is -2.34. The van der Waals surface area contributed by atoms with Crippen molar-refractivity contribution in [3.8, 4) is 0 Å². The van der Waals surface area contributed by atoms with Crippen LogP contribution in [-0.4, -0.2) is 18.8 Å². The Kier molecular flexibility index (Phi) is 5.77. The van der Waals surface area contributed by atoms with E-state index < -0.39 is 0 Å². The zero-order valence-corrected chi connectivity index (χ0v) is 11.4. The SMILES string of the molecule is CC(C)OCC(N)C1CCC(C(C)C)CC1. The van der Waals surface area contributed by atoms with E-state index in [-0.39, 0.29) is 6.04 Å². The van der Waals surface area contributed by atoms with Crippen LogP contribution in [0.4, 0.5) is 0 Å². The Morgan fingerprint density at radius 2 is 1.50 bits per heavy atom. The molecule has 0 radical (unpaired) electrons. The lowest BCUT2D eigenvalue weighted by atomic mass is 9.75. The topological polar surface area (TPSA) is 35.2 Å². The first-order valence-corrected chi connectivity index (χ1v) is 6.88. The molecule has 1 saturated carbocycles. The van der Waals surface area contributed by atoms with E-state index in [2.05, 4.69) is 27.7 Å². The maximum absolute atomic E-state index is 6.19. The first-order valence-electron chi connectivity index (χ1n) is 6.88. The molecule has 1 rings (SSSR count). The van der Waals surface area contributed by atoms with Crippen LogP contribution in [-0.2, 0) is 4.74 Å². The van der Waals surface area contributed by atoms with Gasteiger partial charge in [-0.1, -0.05) is 13.8 Å². The van der Waals surface area contributed by atoms with Crippen LogP contribution in [0.5, 0.6) is 0 Å². The van der Waals surface area contributed by atoms with Gasteiger partial charge in [0.25, 0.3) is 0 Å². The van der Waals surface area contributed by atoms with Gasteiger partial charge < -0.3 is 10.5 Å². The van der Waals surface area contributed by atoms with Gasteiger partial charge in [-0.2, -0.15) is 0 Å². The highest BCUT2D eigenvalue weighted by Gasteiger charge is 2.27. The van der Waals surface area contributed by atoms with Crippen LogP contribution in [0.15, 0.2) is 0 Å². The van der Waals surface area contributed by atoms with Crippen LogP contribution >= 0.6 is 0 Å².